The first-order valence-corrected chi connectivity index (χ1v) is 12.4. The van der Waals surface area contributed by atoms with Gasteiger partial charge >= 0.3 is 12.1 Å². The summed E-state index contributed by atoms with van der Waals surface area (Å²) >= 11 is 1.20. The Labute approximate surface area is 206 Å². The number of nitrogens with one attached hydrogen (secondary N) is 2. The third-order valence-corrected chi connectivity index (χ3v) is 7.50. The van der Waals surface area contributed by atoms with Crippen LogP contribution in [0.2, 0.25) is 0 Å². The SMILES string of the molecule is O=C(N[C@@H]1CC[C@H](C(=O)NCc2nc(C(=O)O)cs2)C1)OCC1c2ccccc2-c2ccccc21. The van der Waals surface area contributed by atoms with Gasteiger partial charge in [-0.05, 0) is 41.5 Å². The molecule has 180 valence electrons. The maximum Gasteiger partial charge on any atom is 0.407 e. The molecule has 3 N–H and O–H groups in total. The molecule has 8 nitrogen and oxygen atoms in total. The number of hydrogen-bond acceptors (Lipinski definition) is 6. The molecule has 3 aromatic rings. The Morgan fingerprint density at radius 2 is 1.71 bits per heavy atom. The van der Waals surface area contributed by atoms with Gasteiger partial charge in [0.15, 0.2) is 5.69 Å². The molecule has 0 bridgehead atoms. The van der Waals surface area contributed by atoms with Crippen molar-refractivity contribution in [3.63, 3.8) is 0 Å². The van der Waals surface area contributed by atoms with E-state index in [1.165, 1.54) is 27.8 Å². The normalized spacial score (nSPS) is 18.5. The van der Waals surface area contributed by atoms with Crippen LogP contribution in [-0.2, 0) is 16.1 Å². The number of carbonyl (C=O) groups is 3. The fourth-order valence-electron chi connectivity index (χ4n) is 4.95. The molecule has 2 aliphatic carbocycles. The standard InChI is InChI=1S/C26H25N3O5S/c30-24(27-12-23-29-22(14-35-23)25(31)32)15-9-10-16(11-15)28-26(33)34-13-21-19-7-3-1-5-17(19)18-6-2-4-8-20(18)21/h1-8,14-16,21H,9-13H2,(H,27,30)(H,28,33)(H,31,32)/t15-,16+/m0/s1. The van der Waals surface area contributed by atoms with Gasteiger partial charge in [-0.3, -0.25) is 4.79 Å². The number of thiazole rings is 1. The fraction of sp³-hybridized carbons (Fsp3) is 0.308. The molecule has 5 rings (SSSR count). The molecule has 2 amide bonds. The maximum absolute atomic E-state index is 12.5. The van der Waals surface area contributed by atoms with Gasteiger partial charge in [-0.15, -0.1) is 11.3 Å². The second-order valence-electron chi connectivity index (χ2n) is 8.83. The fourth-order valence-corrected chi connectivity index (χ4v) is 5.66. The number of nitrogens with zero attached hydrogens (tertiary/aromatic N) is 1. The van der Waals surface area contributed by atoms with Crippen molar-refractivity contribution in [1.29, 1.82) is 0 Å². The zero-order valence-electron chi connectivity index (χ0n) is 18.9. The lowest BCUT2D eigenvalue weighted by Crippen LogP contribution is -2.35. The molecule has 2 atom stereocenters. The van der Waals surface area contributed by atoms with Crippen molar-refractivity contribution in [2.45, 2.75) is 37.8 Å². The van der Waals surface area contributed by atoms with Crippen LogP contribution >= 0.6 is 11.3 Å². The number of ether oxygens (including phenoxy) is 1. The molecule has 1 saturated carbocycles. The van der Waals surface area contributed by atoms with E-state index in [1.54, 1.807) is 0 Å². The van der Waals surface area contributed by atoms with E-state index in [0.717, 1.165) is 11.1 Å². The Hall–Kier alpha value is -3.72. The van der Waals surface area contributed by atoms with Crippen molar-refractivity contribution in [2.24, 2.45) is 5.92 Å². The molecule has 9 heteroatoms. The summed E-state index contributed by atoms with van der Waals surface area (Å²) in [6.45, 7) is 0.445. The van der Waals surface area contributed by atoms with E-state index in [-0.39, 0.29) is 42.6 Å². The average Bonchev–Trinajstić information content (AvgIpc) is 3.59. The van der Waals surface area contributed by atoms with Crippen molar-refractivity contribution in [3.05, 3.63) is 75.7 Å². The Kier molecular flexibility index (Phi) is 6.50. The summed E-state index contributed by atoms with van der Waals surface area (Å²) in [5.41, 5.74) is 4.66. The summed E-state index contributed by atoms with van der Waals surface area (Å²) in [4.78, 5) is 40.0. The smallest absolute Gasteiger partial charge is 0.407 e. The van der Waals surface area contributed by atoms with Crippen LogP contribution in [0, 0.1) is 5.92 Å². The van der Waals surface area contributed by atoms with E-state index in [1.807, 2.05) is 24.3 Å². The highest BCUT2D eigenvalue weighted by Crippen LogP contribution is 2.44. The lowest BCUT2D eigenvalue weighted by molar-refractivity contribution is -0.125. The van der Waals surface area contributed by atoms with Crippen molar-refractivity contribution >= 4 is 29.3 Å². The number of amides is 2. The Morgan fingerprint density at radius 3 is 2.37 bits per heavy atom. The van der Waals surface area contributed by atoms with Crippen molar-refractivity contribution in [3.8, 4) is 11.1 Å². The van der Waals surface area contributed by atoms with Gasteiger partial charge in [-0.25, -0.2) is 14.6 Å². The number of fused-ring (bicyclic) bond motifs is 3. The van der Waals surface area contributed by atoms with Crippen LogP contribution in [0.15, 0.2) is 53.9 Å². The molecule has 1 heterocycles. The lowest BCUT2D eigenvalue weighted by Gasteiger charge is -2.17. The van der Waals surface area contributed by atoms with Crippen molar-refractivity contribution < 1.29 is 24.2 Å². The van der Waals surface area contributed by atoms with Crippen LogP contribution in [-0.4, -0.2) is 40.7 Å². The minimum absolute atomic E-state index is 0.00255. The molecule has 35 heavy (non-hydrogen) atoms. The van der Waals surface area contributed by atoms with E-state index in [4.69, 9.17) is 9.84 Å². The second-order valence-corrected chi connectivity index (χ2v) is 9.77. The highest BCUT2D eigenvalue weighted by atomic mass is 32.1. The number of benzene rings is 2. The van der Waals surface area contributed by atoms with Crippen LogP contribution in [0.4, 0.5) is 4.79 Å². The number of aromatic nitrogens is 1. The highest BCUT2D eigenvalue weighted by Gasteiger charge is 2.32. The zero-order valence-corrected chi connectivity index (χ0v) is 19.7. The number of rotatable bonds is 7. The number of carbonyl (C=O) groups excluding carboxylic acids is 2. The van der Waals surface area contributed by atoms with E-state index in [9.17, 15) is 14.4 Å². The first kappa shape index (κ1) is 23.0. The van der Waals surface area contributed by atoms with Gasteiger partial charge in [0.2, 0.25) is 5.91 Å². The first-order valence-electron chi connectivity index (χ1n) is 11.6. The van der Waals surface area contributed by atoms with Crippen LogP contribution in [0.5, 0.6) is 0 Å². The molecule has 2 aliphatic rings. The summed E-state index contributed by atoms with van der Waals surface area (Å²) in [7, 11) is 0. The van der Waals surface area contributed by atoms with Crippen LogP contribution < -0.4 is 10.6 Å². The summed E-state index contributed by atoms with van der Waals surface area (Å²) < 4.78 is 5.62. The molecule has 0 saturated heterocycles. The van der Waals surface area contributed by atoms with Crippen molar-refractivity contribution in [1.82, 2.24) is 15.6 Å². The van der Waals surface area contributed by atoms with Gasteiger partial charge in [0, 0.05) is 23.3 Å². The summed E-state index contributed by atoms with van der Waals surface area (Å²) in [5, 5.41) is 16.7. The summed E-state index contributed by atoms with van der Waals surface area (Å²) in [6, 6.07) is 16.3. The topological polar surface area (TPSA) is 118 Å². The molecule has 2 aromatic carbocycles. The number of carboxylic acids is 1. The molecule has 0 spiro atoms. The number of carboxylic acid groups (broad SMARTS) is 1. The zero-order chi connectivity index (χ0) is 24.4. The summed E-state index contributed by atoms with van der Waals surface area (Å²) in [6.07, 6.45) is 1.43. The van der Waals surface area contributed by atoms with E-state index < -0.39 is 12.1 Å². The number of aromatic carboxylic acids is 1. The lowest BCUT2D eigenvalue weighted by atomic mass is 9.98. The Bertz CT molecular complexity index is 1230. The maximum atomic E-state index is 12.5. The predicted octanol–water partition coefficient (Wildman–Crippen LogP) is 4.16. The largest absolute Gasteiger partial charge is 0.476 e. The molecule has 0 aliphatic heterocycles. The second kappa shape index (κ2) is 9.87. The number of alkyl carbamates (subject to hydrolysis) is 1. The van der Waals surface area contributed by atoms with Crippen molar-refractivity contribution in [2.75, 3.05) is 6.61 Å². The molecular formula is C26H25N3O5S. The minimum Gasteiger partial charge on any atom is -0.476 e. The first-order chi connectivity index (χ1) is 17.0. The van der Waals surface area contributed by atoms with E-state index >= 15 is 0 Å². The monoisotopic (exact) mass is 491 g/mol. The van der Waals surface area contributed by atoms with Gasteiger partial charge in [0.25, 0.3) is 0 Å². The van der Waals surface area contributed by atoms with Gasteiger partial charge < -0.3 is 20.5 Å². The molecule has 1 aromatic heterocycles. The average molecular weight is 492 g/mol. The van der Waals surface area contributed by atoms with Gasteiger partial charge in [-0.2, -0.15) is 0 Å². The molecule has 0 radical (unpaired) electrons. The summed E-state index contributed by atoms with van der Waals surface area (Å²) in [5.74, 6) is -1.42. The Balaban J connectivity index is 1.10. The minimum atomic E-state index is -1.09. The van der Waals surface area contributed by atoms with Gasteiger partial charge in [-0.1, -0.05) is 48.5 Å². The Morgan fingerprint density at radius 1 is 1.03 bits per heavy atom. The van der Waals surface area contributed by atoms with E-state index in [2.05, 4.69) is 39.9 Å². The van der Waals surface area contributed by atoms with E-state index in [0.29, 0.717) is 24.3 Å². The molecule has 1 fully saturated rings. The molecule has 0 unspecified atom stereocenters. The third kappa shape index (κ3) is 4.90. The van der Waals surface area contributed by atoms with Crippen LogP contribution in [0.25, 0.3) is 11.1 Å². The third-order valence-electron chi connectivity index (χ3n) is 6.65. The van der Waals surface area contributed by atoms with Gasteiger partial charge in [0.1, 0.15) is 11.6 Å². The van der Waals surface area contributed by atoms with Gasteiger partial charge in [0.05, 0.1) is 6.54 Å². The van der Waals surface area contributed by atoms with Crippen LogP contribution in [0.1, 0.15) is 51.8 Å². The van der Waals surface area contributed by atoms with Crippen LogP contribution in [0.3, 0.4) is 0 Å². The molecular weight excluding hydrogens is 466 g/mol. The quantitative estimate of drug-likeness (QED) is 0.457. The predicted molar refractivity (Wildman–Crippen MR) is 130 cm³/mol. The number of hydrogen-bond donors (Lipinski definition) is 3. The highest BCUT2D eigenvalue weighted by molar-refractivity contribution is 7.09.